The maximum absolute atomic E-state index is 12.9. The molecule has 3 heterocycles. The number of rotatable bonds is 25. The summed E-state index contributed by atoms with van der Waals surface area (Å²) in [4.78, 5) is 45.3. The Kier molecular flexibility index (Phi) is 26.4. The van der Waals surface area contributed by atoms with Crippen molar-refractivity contribution in [2.45, 2.75) is 140 Å². The summed E-state index contributed by atoms with van der Waals surface area (Å²) >= 11 is 0. The van der Waals surface area contributed by atoms with Gasteiger partial charge in [0.25, 0.3) is 0 Å². The number of carboxylic acids is 2. The first-order valence-electron chi connectivity index (χ1n) is 32.8. The number of nitrogens with two attached hydrogens (primary N) is 1. The lowest BCUT2D eigenvalue weighted by atomic mass is 9.78. The fraction of sp³-hybridized carbons (Fsp3) is 0.577. The largest absolute Gasteiger partial charge is 0.858 e. The number of esters is 2. The molecule has 0 bridgehead atoms. The van der Waals surface area contributed by atoms with Gasteiger partial charge in [-0.2, -0.15) is 4.59 Å². The van der Waals surface area contributed by atoms with E-state index in [1.807, 2.05) is 60.7 Å². The van der Waals surface area contributed by atoms with Gasteiger partial charge >= 0.3 is 23.9 Å². The van der Waals surface area contributed by atoms with Crippen LogP contribution in [0.25, 0.3) is 0 Å². The van der Waals surface area contributed by atoms with Gasteiger partial charge in [0, 0.05) is 48.6 Å². The van der Waals surface area contributed by atoms with E-state index in [0.717, 1.165) is 87.2 Å². The Labute approximate surface area is 553 Å². The third kappa shape index (κ3) is 22.5. The van der Waals surface area contributed by atoms with E-state index in [0.29, 0.717) is 50.4 Å². The van der Waals surface area contributed by atoms with Gasteiger partial charge in [-0.15, -0.1) is 10.2 Å². The highest BCUT2D eigenvalue weighted by atomic mass is 16.6. The smallest absolute Gasteiger partial charge is 0.317 e. The molecular formula is C71H100N6O17. The molecular weight excluding hydrogens is 1210 g/mol. The topological polar surface area (TPSA) is 321 Å². The Morgan fingerprint density at radius 3 is 1.20 bits per heavy atom. The third-order valence-corrected chi connectivity index (χ3v) is 18.1. The van der Waals surface area contributed by atoms with Crippen LogP contribution >= 0.6 is 0 Å². The summed E-state index contributed by atoms with van der Waals surface area (Å²) in [6, 6.07) is 31.6. The molecule has 6 aliphatic rings. The lowest BCUT2D eigenvalue weighted by Crippen LogP contribution is -2.47. The van der Waals surface area contributed by atoms with Crippen LogP contribution in [0.5, 0.6) is 23.0 Å². The number of ether oxygens (including phenoxy) is 7. The van der Waals surface area contributed by atoms with Crippen molar-refractivity contribution in [1.82, 2.24) is 5.01 Å². The summed E-state index contributed by atoms with van der Waals surface area (Å²) < 4.78 is 37.6. The molecule has 0 spiro atoms. The number of quaternary nitrogens is 2. The van der Waals surface area contributed by atoms with E-state index < -0.39 is 65.2 Å². The highest BCUT2D eigenvalue weighted by Gasteiger charge is 2.45. The monoisotopic (exact) mass is 1310 g/mol. The van der Waals surface area contributed by atoms with Crippen LogP contribution in [0.1, 0.15) is 127 Å². The highest BCUT2D eigenvalue weighted by Crippen LogP contribution is 2.38. The molecule has 94 heavy (non-hydrogen) atoms. The Balaban J connectivity index is 0.000000251. The maximum Gasteiger partial charge on any atom is 0.317 e. The molecule has 6 N–H and O–H groups in total. The van der Waals surface area contributed by atoms with Gasteiger partial charge in [0.05, 0.1) is 65.1 Å². The third-order valence-electron chi connectivity index (χ3n) is 18.1. The minimum Gasteiger partial charge on any atom is -0.858 e. The number of carbonyl (C=O) groups is 4. The van der Waals surface area contributed by atoms with Crippen molar-refractivity contribution in [1.29, 1.82) is 0 Å². The van der Waals surface area contributed by atoms with Crippen LogP contribution in [-0.4, -0.2) is 183 Å². The molecule has 23 nitrogen and oxygen atoms in total. The molecule has 0 radical (unpaired) electrons. The average Bonchev–Trinajstić information content (AvgIpc) is 0.974. The normalized spacial score (nSPS) is 23.6. The molecule has 0 amide bonds. The van der Waals surface area contributed by atoms with Gasteiger partial charge in [0.1, 0.15) is 67.7 Å². The number of hydrazine groups is 1. The summed E-state index contributed by atoms with van der Waals surface area (Å²) in [5.74, 6) is 1.33. The number of nitrogens with zero attached hydrogens (tertiary/aromatic N) is 5. The predicted molar refractivity (Wildman–Crippen MR) is 348 cm³/mol. The zero-order valence-corrected chi connectivity index (χ0v) is 56.4. The number of aliphatic hydroxyl groups is 2. The van der Waals surface area contributed by atoms with Crippen molar-refractivity contribution < 1.29 is 92.2 Å². The van der Waals surface area contributed by atoms with Crippen LogP contribution in [0.4, 0.5) is 0 Å². The predicted octanol–water partition coefficient (Wildman–Crippen LogP) is 6.60. The van der Waals surface area contributed by atoms with Gasteiger partial charge in [-0.05, 0) is 109 Å². The van der Waals surface area contributed by atoms with E-state index >= 15 is 0 Å². The van der Waals surface area contributed by atoms with Crippen LogP contribution in [-0.2, 0) is 44.2 Å². The molecule has 3 saturated heterocycles. The number of hydrogen-bond donors (Lipinski definition) is 5. The first-order chi connectivity index (χ1) is 44.4. The Bertz CT molecular complexity index is 3060. The first kappa shape index (κ1) is 74.2. The van der Waals surface area contributed by atoms with Gasteiger partial charge < -0.3 is 63.8 Å². The number of aliphatic carboxylic acids is 2. The van der Waals surface area contributed by atoms with Crippen molar-refractivity contribution in [3.05, 3.63) is 119 Å². The molecule has 23 heteroatoms. The molecule has 3 aliphatic heterocycles. The summed E-state index contributed by atoms with van der Waals surface area (Å²) in [5.41, 5.74) is 4.01. The van der Waals surface area contributed by atoms with E-state index in [1.165, 1.54) is 16.1 Å². The maximum atomic E-state index is 12.9. The van der Waals surface area contributed by atoms with Gasteiger partial charge in [-0.1, -0.05) is 115 Å². The minimum absolute atomic E-state index is 0.0177. The number of cyclic esters (lactones) is 2. The Morgan fingerprint density at radius 2 is 0.862 bits per heavy atom. The number of carbonyl (C=O) groups excluding carboxylic acids is 2. The van der Waals surface area contributed by atoms with Gasteiger partial charge in [0.2, 0.25) is 6.29 Å². The summed E-state index contributed by atoms with van der Waals surface area (Å²) in [6.07, 6.45) is 7.24. The number of hydrogen-bond acceptors (Lipinski definition) is 19. The van der Waals surface area contributed by atoms with Crippen LogP contribution < -0.4 is 35.0 Å². The zero-order chi connectivity index (χ0) is 68.5. The molecule has 10 unspecified atom stereocenters. The fourth-order valence-electron chi connectivity index (χ4n) is 12.4. The Hall–Kier alpha value is -7.22. The first-order valence-corrected chi connectivity index (χ1v) is 32.8. The number of likely N-dealkylation sites (N-methyl/N-ethyl adjacent to an activating group) is 2. The molecule has 0 aromatic heterocycles. The molecule has 4 aromatic carbocycles. The van der Waals surface area contributed by atoms with Crippen molar-refractivity contribution in [2.75, 3.05) is 88.4 Å². The molecule has 10 rings (SSSR count). The minimum atomic E-state index is -1.27. The van der Waals surface area contributed by atoms with Crippen molar-refractivity contribution in [3.8, 4) is 23.0 Å². The van der Waals surface area contributed by atoms with Gasteiger partial charge in [0.15, 0.2) is 6.54 Å². The molecule has 3 aliphatic carbocycles. The average molecular weight is 1310 g/mol. The quantitative estimate of drug-likeness (QED) is 0.00537. The second-order valence-corrected chi connectivity index (χ2v) is 27.8. The van der Waals surface area contributed by atoms with Crippen molar-refractivity contribution >= 4 is 35.7 Å². The van der Waals surface area contributed by atoms with E-state index in [2.05, 4.69) is 66.9 Å². The van der Waals surface area contributed by atoms with E-state index in [4.69, 9.17) is 34.3 Å². The molecule has 3 saturated carbocycles. The van der Waals surface area contributed by atoms with Crippen LogP contribution in [0.15, 0.2) is 107 Å². The summed E-state index contributed by atoms with van der Waals surface area (Å²) in [5, 5.41) is 76.3. The molecule has 4 aromatic rings. The fourth-order valence-corrected chi connectivity index (χ4v) is 12.4. The van der Waals surface area contributed by atoms with E-state index in [-0.39, 0.29) is 70.3 Å². The van der Waals surface area contributed by atoms with Crippen molar-refractivity contribution in [3.63, 3.8) is 0 Å². The van der Waals surface area contributed by atoms with Gasteiger partial charge in [-0.3, -0.25) is 30.0 Å². The molecule has 516 valence electrons. The lowest BCUT2D eigenvalue weighted by molar-refractivity contribution is -0.903. The zero-order valence-electron chi connectivity index (χ0n) is 56.4. The number of fused-ring (bicyclic) bond motifs is 1. The lowest BCUT2D eigenvalue weighted by Gasteiger charge is -2.34. The number of benzene rings is 4. The standard InChI is InChI=1S/C40H58N4O10.C21H24O4.C8H10O3.C2H8N2/c1-40(2,27-17-21-30(22-18-27)54-35(46)24-44(5,6)42-37(48)32-12-8-10-14-34(32)39(51)52)26-15-19-29(20-16-26)53-25-28(45)23-43(3,4)41-36(47)31-11-7-9-13-33(31)38(49)50;1-21(2,15-3-7-17(8-4-15)22-11-19-13-24-19)16-5-9-18(10-6-16)23-12-20-14-25-20;9-7-5-3-1-2-4-6(5)8(10)11-7;1-4(2)3/h15-22,28,31-35,45-46H,7-14,23-25H2,1-6H3,(H2-2,41,42,47,48,49,50,51,52);3-10,19-20H,11-14H2,1-2H3;5-6H,1-4H2;3H2,1-2H3. The Morgan fingerprint density at radius 1 is 0.553 bits per heavy atom. The second-order valence-electron chi connectivity index (χ2n) is 27.8. The van der Waals surface area contributed by atoms with Crippen LogP contribution in [0.2, 0.25) is 0 Å². The molecule has 10 atom stereocenters. The molecule has 6 fully saturated rings. The number of epoxide rings is 2. The SMILES string of the molecule is CC(C)(c1ccc(OCC(O)C[N+](C)(C)N=C([O-])C2CCCCC2C(=O)O)cc1)c1ccc(OC(O)C[N+](C)(C)N=C([O-])C2CCCCC2C(=O)O)cc1.CC(C)(c1ccc(OCC2CO2)cc1)c1ccc(OCC2CO2)cc1.CN(C)N.O=C1OC(=O)C2CCCCC12. The van der Waals surface area contributed by atoms with Crippen molar-refractivity contribution in [2.24, 2.45) is 51.6 Å². The summed E-state index contributed by atoms with van der Waals surface area (Å²) in [6.45, 7) is 11.6. The van der Waals surface area contributed by atoms with Gasteiger partial charge in [-0.25, -0.2) is 4.59 Å². The second kappa shape index (κ2) is 33.4. The van der Waals surface area contributed by atoms with Crippen LogP contribution in [0.3, 0.4) is 0 Å². The van der Waals surface area contributed by atoms with E-state index in [9.17, 15) is 49.8 Å². The number of aliphatic hydroxyl groups excluding tert-OH is 2. The number of carboxylic acid groups (broad SMARTS) is 2. The highest BCUT2D eigenvalue weighted by molar-refractivity contribution is 5.96. The van der Waals surface area contributed by atoms with Crippen LogP contribution in [0, 0.1) is 35.5 Å². The summed E-state index contributed by atoms with van der Waals surface area (Å²) in [7, 11) is 10.3. The van der Waals surface area contributed by atoms with E-state index in [1.54, 1.807) is 54.4 Å².